The lowest BCUT2D eigenvalue weighted by molar-refractivity contribution is -0.146. The molecule has 3 nitrogen and oxygen atoms in total. The van der Waals surface area contributed by atoms with E-state index in [1.54, 1.807) is 0 Å². The van der Waals surface area contributed by atoms with Gasteiger partial charge in [0.1, 0.15) is 6.04 Å². The summed E-state index contributed by atoms with van der Waals surface area (Å²) in [5, 5.41) is 0. The summed E-state index contributed by atoms with van der Waals surface area (Å²) in [7, 11) is 5.26. The first-order chi connectivity index (χ1) is 7.13. The highest BCUT2D eigenvalue weighted by Gasteiger charge is 2.20. The molecule has 3 heteroatoms. The van der Waals surface area contributed by atoms with E-state index in [2.05, 4.69) is 6.58 Å². The molecule has 15 heavy (non-hydrogen) atoms. The molecule has 0 fully saturated rings. The Morgan fingerprint density at radius 3 is 2.53 bits per heavy atom. The number of rotatable bonds is 8. The van der Waals surface area contributed by atoms with Crippen LogP contribution in [0.2, 0.25) is 0 Å². The van der Waals surface area contributed by atoms with E-state index in [0.29, 0.717) is 0 Å². The van der Waals surface area contributed by atoms with E-state index in [4.69, 9.17) is 4.74 Å². The first-order valence-electron chi connectivity index (χ1n) is 5.48. The van der Waals surface area contributed by atoms with Crippen LogP contribution >= 0.6 is 0 Å². The molecule has 0 aromatic heterocycles. The Bertz CT molecular complexity index is 190. The van der Waals surface area contributed by atoms with Gasteiger partial charge in [-0.25, -0.2) is 0 Å². The van der Waals surface area contributed by atoms with Gasteiger partial charge < -0.3 is 4.74 Å². The van der Waals surface area contributed by atoms with Gasteiger partial charge in [0.2, 0.25) is 0 Å². The van der Waals surface area contributed by atoms with E-state index in [9.17, 15) is 4.79 Å². The van der Waals surface area contributed by atoms with Gasteiger partial charge >= 0.3 is 5.97 Å². The number of carbonyl (C=O) groups excluding carboxylic acids is 1. The Labute approximate surface area is 93.1 Å². The van der Waals surface area contributed by atoms with Gasteiger partial charge in [-0.15, -0.1) is 6.58 Å². The zero-order chi connectivity index (χ0) is 11.7. The Balaban J connectivity index is 3.76. The second-order valence-corrected chi connectivity index (χ2v) is 3.93. The zero-order valence-electron chi connectivity index (χ0n) is 10.2. The van der Waals surface area contributed by atoms with Crippen LogP contribution in [0.15, 0.2) is 12.7 Å². The Morgan fingerprint density at radius 2 is 2.07 bits per heavy atom. The summed E-state index contributed by atoms with van der Waals surface area (Å²) in [6, 6.07) is -0.0984. The highest BCUT2D eigenvalue weighted by molar-refractivity contribution is 5.75. The van der Waals surface area contributed by atoms with Gasteiger partial charge in [0.25, 0.3) is 0 Å². The van der Waals surface area contributed by atoms with Crippen LogP contribution in [0.3, 0.4) is 0 Å². The number of hydrogen-bond donors (Lipinski definition) is 0. The number of carbonyl (C=O) groups is 1. The minimum absolute atomic E-state index is 0.0984. The van der Waals surface area contributed by atoms with Crippen LogP contribution in [0.25, 0.3) is 0 Å². The van der Waals surface area contributed by atoms with E-state index in [-0.39, 0.29) is 12.0 Å². The van der Waals surface area contributed by atoms with E-state index < -0.39 is 0 Å². The number of likely N-dealkylation sites (N-methyl/N-ethyl adjacent to an activating group) is 1. The summed E-state index contributed by atoms with van der Waals surface area (Å²) in [4.78, 5) is 13.3. The van der Waals surface area contributed by atoms with E-state index in [1.165, 1.54) is 7.11 Å². The van der Waals surface area contributed by atoms with Crippen LogP contribution in [0.5, 0.6) is 0 Å². The zero-order valence-corrected chi connectivity index (χ0v) is 10.2. The summed E-state index contributed by atoms with van der Waals surface area (Å²) in [6.07, 6.45) is 7.23. The molecule has 0 heterocycles. The van der Waals surface area contributed by atoms with Crippen molar-refractivity contribution in [3.8, 4) is 0 Å². The molecule has 0 N–H and O–H groups in total. The average Bonchev–Trinajstić information content (AvgIpc) is 2.22. The highest BCUT2D eigenvalue weighted by atomic mass is 16.5. The van der Waals surface area contributed by atoms with Gasteiger partial charge in [-0.2, -0.15) is 0 Å². The predicted octanol–water partition coefficient (Wildman–Crippen LogP) is 2.23. The number of hydrogen-bond acceptors (Lipinski definition) is 3. The summed E-state index contributed by atoms with van der Waals surface area (Å²) < 4.78 is 4.76. The molecule has 1 unspecified atom stereocenters. The van der Waals surface area contributed by atoms with E-state index in [0.717, 1.165) is 32.1 Å². The van der Waals surface area contributed by atoms with E-state index >= 15 is 0 Å². The number of ether oxygens (including phenoxy) is 1. The maximum atomic E-state index is 11.4. The van der Waals surface area contributed by atoms with Crippen molar-refractivity contribution in [1.82, 2.24) is 4.90 Å². The molecule has 0 aliphatic heterocycles. The number of methoxy groups -OCH3 is 1. The standard InChI is InChI=1S/C12H23NO2/c1-5-6-7-8-9-10-11(13(2)3)12(14)15-4/h5,11H,1,6-10H2,2-4H3. The quantitative estimate of drug-likeness (QED) is 0.352. The summed E-state index contributed by atoms with van der Waals surface area (Å²) >= 11 is 0. The van der Waals surface area contributed by atoms with Gasteiger partial charge in [-0.3, -0.25) is 9.69 Å². The van der Waals surface area contributed by atoms with Crippen molar-refractivity contribution in [2.75, 3.05) is 21.2 Å². The molecular weight excluding hydrogens is 190 g/mol. The van der Waals surface area contributed by atoms with Crippen molar-refractivity contribution in [3.63, 3.8) is 0 Å². The predicted molar refractivity (Wildman–Crippen MR) is 62.8 cm³/mol. The molecule has 0 aromatic carbocycles. The summed E-state index contributed by atoms with van der Waals surface area (Å²) in [6.45, 7) is 3.68. The molecule has 0 aromatic rings. The van der Waals surface area contributed by atoms with Crippen LogP contribution < -0.4 is 0 Å². The lowest BCUT2D eigenvalue weighted by Gasteiger charge is -2.21. The molecule has 88 valence electrons. The van der Waals surface area contributed by atoms with Gasteiger partial charge in [-0.1, -0.05) is 18.9 Å². The van der Waals surface area contributed by atoms with Crippen LogP contribution in [0.4, 0.5) is 0 Å². The highest BCUT2D eigenvalue weighted by Crippen LogP contribution is 2.10. The lowest BCUT2D eigenvalue weighted by Crippen LogP contribution is -2.36. The number of unbranched alkanes of at least 4 members (excludes halogenated alkanes) is 3. The van der Waals surface area contributed by atoms with Crippen molar-refractivity contribution in [1.29, 1.82) is 0 Å². The molecule has 0 saturated carbocycles. The van der Waals surface area contributed by atoms with Gasteiger partial charge in [0.05, 0.1) is 7.11 Å². The average molecular weight is 213 g/mol. The first kappa shape index (κ1) is 14.2. The van der Waals surface area contributed by atoms with Gasteiger partial charge in [-0.05, 0) is 33.4 Å². The van der Waals surface area contributed by atoms with Crippen LogP contribution in [-0.2, 0) is 9.53 Å². The maximum Gasteiger partial charge on any atom is 0.323 e. The smallest absolute Gasteiger partial charge is 0.323 e. The monoisotopic (exact) mass is 213 g/mol. The minimum atomic E-state index is -0.135. The van der Waals surface area contributed by atoms with E-state index in [1.807, 2.05) is 25.1 Å². The third-order valence-corrected chi connectivity index (χ3v) is 2.48. The molecule has 0 saturated heterocycles. The molecule has 1 atom stereocenters. The number of esters is 1. The fraction of sp³-hybridized carbons (Fsp3) is 0.750. The SMILES string of the molecule is C=CCCCCCC(C(=O)OC)N(C)C. The molecule has 0 amide bonds. The van der Waals surface area contributed by atoms with Gasteiger partial charge in [0.15, 0.2) is 0 Å². The third kappa shape index (κ3) is 6.28. The Morgan fingerprint density at radius 1 is 1.40 bits per heavy atom. The fourth-order valence-electron chi connectivity index (χ4n) is 1.53. The van der Waals surface area contributed by atoms with Crippen LogP contribution in [-0.4, -0.2) is 38.1 Å². The normalized spacial score (nSPS) is 12.5. The molecule has 0 radical (unpaired) electrons. The van der Waals surface area contributed by atoms with Crippen molar-refractivity contribution >= 4 is 5.97 Å². The third-order valence-electron chi connectivity index (χ3n) is 2.48. The maximum absolute atomic E-state index is 11.4. The van der Waals surface area contributed by atoms with Crippen molar-refractivity contribution < 1.29 is 9.53 Å². The van der Waals surface area contributed by atoms with Crippen molar-refractivity contribution in [2.45, 2.75) is 38.1 Å². The molecule has 0 aliphatic carbocycles. The number of allylic oxidation sites excluding steroid dienone is 1. The first-order valence-corrected chi connectivity index (χ1v) is 5.48. The second kappa shape index (κ2) is 8.48. The summed E-state index contributed by atoms with van der Waals surface area (Å²) in [5.74, 6) is -0.135. The lowest BCUT2D eigenvalue weighted by atomic mass is 10.1. The summed E-state index contributed by atoms with van der Waals surface area (Å²) in [5.41, 5.74) is 0. The number of nitrogens with zero attached hydrogens (tertiary/aromatic N) is 1. The molecule has 0 spiro atoms. The van der Waals surface area contributed by atoms with Crippen LogP contribution in [0.1, 0.15) is 32.1 Å². The largest absolute Gasteiger partial charge is 0.468 e. The van der Waals surface area contributed by atoms with Crippen molar-refractivity contribution in [2.24, 2.45) is 0 Å². The molecular formula is C12H23NO2. The van der Waals surface area contributed by atoms with Crippen molar-refractivity contribution in [3.05, 3.63) is 12.7 Å². The second-order valence-electron chi connectivity index (χ2n) is 3.93. The Hall–Kier alpha value is -0.830. The molecule has 0 aliphatic rings. The van der Waals surface area contributed by atoms with Gasteiger partial charge in [0, 0.05) is 0 Å². The van der Waals surface area contributed by atoms with Crippen LogP contribution in [0, 0.1) is 0 Å². The topological polar surface area (TPSA) is 29.5 Å². The molecule has 0 rings (SSSR count). The minimum Gasteiger partial charge on any atom is -0.468 e. The Kier molecular flexibility index (Phi) is 8.01. The fourth-order valence-corrected chi connectivity index (χ4v) is 1.53. The molecule has 0 bridgehead atoms.